The van der Waals surface area contributed by atoms with E-state index in [1.807, 2.05) is 0 Å². The third-order valence-electron chi connectivity index (χ3n) is 7.63. The smallest absolute Gasteiger partial charge is 0.206 e. The first-order valence-corrected chi connectivity index (χ1v) is 15.2. The highest BCUT2D eigenvalue weighted by atomic mass is 35.7. The Kier molecular flexibility index (Phi) is 6.22. The average molecular weight is 535 g/mol. The Bertz CT molecular complexity index is 1670. The van der Waals surface area contributed by atoms with E-state index in [2.05, 4.69) is 135 Å². The van der Waals surface area contributed by atoms with Crippen LogP contribution in [0.25, 0.3) is 44.1 Å². The normalized spacial score (nSPS) is 11.8. The molecule has 0 fully saturated rings. The first-order chi connectivity index (χ1) is 18.2. The van der Waals surface area contributed by atoms with Gasteiger partial charge in [0.15, 0.2) is 0 Å². The predicted molar refractivity (Wildman–Crippen MR) is 167 cm³/mol. The molecule has 6 rings (SSSR count). The molecule has 38 heavy (non-hydrogen) atoms. The number of aromatic nitrogens is 2. The number of fused-ring (bicyclic) bond motifs is 2. The molecule has 0 radical (unpaired) electrons. The van der Waals surface area contributed by atoms with Crippen LogP contribution in [-0.4, -0.2) is 8.68 Å². The standard InChI is InChI=1S/C34H32ClN2P/c1-21-15-23(3)33(24(4)16-21)29-9-7-27-11-13-36(31(27)19-29)38(35)37-14-12-28-8-10-30(20-32(28)37)34-25(5)17-22(2)18-26(34)6/h7-20H,1-6H3. The highest BCUT2D eigenvalue weighted by molar-refractivity contribution is 7.81. The maximum Gasteiger partial charge on any atom is 0.206 e. The van der Waals surface area contributed by atoms with Gasteiger partial charge in [0.25, 0.3) is 0 Å². The van der Waals surface area contributed by atoms with Gasteiger partial charge in [-0.25, -0.2) is 0 Å². The van der Waals surface area contributed by atoms with Crippen molar-refractivity contribution in [2.75, 3.05) is 0 Å². The van der Waals surface area contributed by atoms with E-state index >= 15 is 0 Å². The lowest BCUT2D eigenvalue weighted by Crippen LogP contribution is -1.96. The fraction of sp³-hybridized carbons (Fsp3) is 0.176. The van der Waals surface area contributed by atoms with Gasteiger partial charge in [0.05, 0.1) is 11.0 Å². The molecule has 0 amide bonds. The molecule has 0 N–H and O–H groups in total. The molecule has 0 spiro atoms. The van der Waals surface area contributed by atoms with E-state index in [9.17, 15) is 0 Å². The molecule has 0 aliphatic carbocycles. The molecular formula is C34H32ClN2P. The minimum atomic E-state index is -1.19. The fourth-order valence-electron chi connectivity index (χ4n) is 6.20. The van der Waals surface area contributed by atoms with Gasteiger partial charge in [0, 0.05) is 12.4 Å². The zero-order valence-electron chi connectivity index (χ0n) is 22.8. The zero-order chi connectivity index (χ0) is 26.7. The molecule has 2 nitrogen and oxygen atoms in total. The summed E-state index contributed by atoms with van der Waals surface area (Å²) in [5, 5.41) is 2.40. The van der Waals surface area contributed by atoms with Gasteiger partial charge in [-0.05, 0) is 132 Å². The van der Waals surface area contributed by atoms with Gasteiger partial charge in [-0.15, -0.1) is 0 Å². The molecule has 190 valence electrons. The van der Waals surface area contributed by atoms with Crippen LogP contribution in [0.4, 0.5) is 0 Å². The van der Waals surface area contributed by atoms with E-state index in [1.54, 1.807) is 0 Å². The second kappa shape index (κ2) is 9.45. The predicted octanol–water partition coefficient (Wildman–Crippen LogP) is 10.6. The second-order valence-electron chi connectivity index (χ2n) is 10.7. The van der Waals surface area contributed by atoms with E-state index in [0.29, 0.717) is 0 Å². The number of hydrogen-bond acceptors (Lipinski definition) is 0. The highest BCUT2D eigenvalue weighted by Gasteiger charge is 2.18. The fourth-order valence-corrected chi connectivity index (χ4v) is 8.26. The van der Waals surface area contributed by atoms with Crippen molar-refractivity contribution < 1.29 is 0 Å². The van der Waals surface area contributed by atoms with Gasteiger partial charge in [0.1, 0.15) is 0 Å². The van der Waals surface area contributed by atoms with Crippen LogP contribution in [0.2, 0.25) is 0 Å². The lowest BCUT2D eigenvalue weighted by molar-refractivity contribution is 1.22. The summed E-state index contributed by atoms with van der Waals surface area (Å²) < 4.78 is 4.48. The summed E-state index contributed by atoms with van der Waals surface area (Å²) in [6, 6.07) is 26.9. The Balaban J connectivity index is 1.46. The summed E-state index contributed by atoms with van der Waals surface area (Å²) in [4.78, 5) is 0. The Labute approximate surface area is 231 Å². The number of rotatable bonds is 4. The molecule has 4 aromatic carbocycles. The van der Waals surface area contributed by atoms with Crippen LogP contribution in [0.3, 0.4) is 0 Å². The molecule has 0 aliphatic rings. The molecule has 0 saturated carbocycles. The first-order valence-electron chi connectivity index (χ1n) is 13.1. The SMILES string of the molecule is Cc1cc(C)c(-c2ccc3ccn(P(Cl)n4ccc5ccc(-c6c(C)cc(C)cc6C)cc54)c3c2)c(C)c1. The van der Waals surface area contributed by atoms with Gasteiger partial charge in [0.2, 0.25) is 7.58 Å². The van der Waals surface area contributed by atoms with Crippen molar-refractivity contribution in [3.05, 3.63) is 119 Å². The summed E-state index contributed by atoms with van der Waals surface area (Å²) in [6.45, 7) is 13.1. The molecule has 2 heterocycles. The van der Waals surface area contributed by atoms with Gasteiger partial charge in [-0.3, -0.25) is 8.68 Å². The molecule has 4 heteroatoms. The number of nitrogens with zero attached hydrogens (tertiary/aromatic N) is 2. The largest absolute Gasteiger partial charge is 0.296 e. The zero-order valence-corrected chi connectivity index (χ0v) is 24.5. The molecule has 0 atom stereocenters. The third kappa shape index (κ3) is 4.17. The molecule has 6 aromatic rings. The van der Waals surface area contributed by atoms with Crippen LogP contribution in [0.15, 0.2) is 85.2 Å². The van der Waals surface area contributed by atoms with E-state index < -0.39 is 7.58 Å². The lowest BCUT2D eigenvalue weighted by atomic mass is 9.93. The number of hydrogen-bond donors (Lipinski definition) is 0. The number of benzene rings is 4. The third-order valence-corrected chi connectivity index (χ3v) is 10.0. The van der Waals surface area contributed by atoms with Crippen molar-refractivity contribution in [3.63, 3.8) is 0 Å². The quantitative estimate of drug-likeness (QED) is 0.199. The Hall–Kier alpha value is -3.32. The minimum absolute atomic E-state index is 1.16. The molecular weight excluding hydrogens is 503 g/mol. The van der Waals surface area contributed by atoms with Crippen LogP contribution in [0, 0.1) is 41.5 Å². The molecule has 0 aliphatic heterocycles. The van der Waals surface area contributed by atoms with Crippen LogP contribution >= 0.6 is 18.8 Å². The monoisotopic (exact) mass is 534 g/mol. The lowest BCUT2D eigenvalue weighted by Gasteiger charge is -2.17. The van der Waals surface area contributed by atoms with Gasteiger partial charge in [-0.1, -0.05) is 59.7 Å². The average Bonchev–Trinajstić information content (AvgIpc) is 3.46. The Morgan fingerprint density at radius 1 is 0.500 bits per heavy atom. The van der Waals surface area contributed by atoms with Gasteiger partial charge in [-0.2, -0.15) is 0 Å². The summed E-state index contributed by atoms with van der Waals surface area (Å²) in [5.74, 6) is 0. The summed E-state index contributed by atoms with van der Waals surface area (Å²) >= 11 is 7.33. The molecule has 0 bridgehead atoms. The van der Waals surface area contributed by atoms with Crippen LogP contribution in [0.1, 0.15) is 33.4 Å². The van der Waals surface area contributed by atoms with Crippen molar-refractivity contribution in [1.82, 2.24) is 8.68 Å². The first kappa shape index (κ1) is 25.0. The summed E-state index contributed by atoms with van der Waals surface area (Å²) in [6.07, 6.45) is 4.26. The van der Waals surface area contributed by atoms with Crippen molar-refractivity contribution in [1.29, 1.82) is 0 Å². The summed E-state index contributed by atoms with van der Waals surface area (Å²) in [5.41, 5.74) is 15.2. The Morgan fingerprint density at radius 2 is 0.868 bits per heavy atom. The summed E-state index contributed by atoms with van der Waals surface area (Å²) in [7, 11) is -1.19. The molecule has 0 saturated heterocycles. The van der Waals surface area contributed by atoms with Crippen LogP contribution in [0.5, 0.6) is 0 Å². The van der Waals surface area contributed by atoms with Gasteiger partial charge < -0.3 is 0 Å². The molecule has 0 unspecified atom stereocenters. The van der Waals surface area contributed by atoms with Crippen molar-refractivity contribution in [2.45, 2.75) is 41.5 Å². The van der Waals surface area contributed by atoms with Crippen molar-refractivity contribution in [3.8, 4) is 22.3 Å². The molecule has 2 aromatic heterocycles. The topological polar surface area (TPSA) is 9.86 Å². The van der Waals surface area contributed by atoms with E-state index in [1.165, 1.54) is 66.4 Å². The van der Waals surface area contributed by atoms with Crippen LogP contribution < -0.4 is 0 Å². The highest BCUT2D eigenvalue weighted by Crippen LogP contribution is 2.50. The maximum absolute atomic E-state index is 7.33. The van der Waals surface area contributed by atoms with Crippen molar-refractivity contribution >= 4 is 40.6 Å². The van der Waals surface area contributed by atoms with E-state index in [4.69, 9.17) is 11.2 Å². The number of aryl methyl sites for hydroxylation is 6. The minimum Gasteiger partial charge on any atom is -0.296 e. The van der Waals surface area contributed by atoms with Gasteiger partial charge >= 0.3 is 0 Å². The van der Waals surface area contributed by atoms with E-state index in [0.717, 1.165) is 11.0 Å². The maximum atomic E-state index is 7.33. The number of halogens is 1. The second-order valence-corrected chi connectivity index (χ2v) is 12.9. The van der Waals surface area contributed by atoms with Crippen molar-refractivity contribution in [2.24, 2.45) is 0 Å². The van der Waals surface area contributed by atoms with E-state index in [-0.39, 0.29) is 0 Å². The van der Waals surface area contributed by atoms with Crippen LogP contribution in [-0.2, 0) is 0 Å². The Morgan fingerprint density at radius 3 is 1.24 bits per heavy atom.